The first-order chi connectivity index (χ1) is 13.0. The number of piperazine rings is 1. The number of benzene rings is 1. The molecule has 0 unspecified atom stereocenters. The number of nitrogens with one attached hydrogen (secondary N) is 1. The summed E-state index contributed by atoms with van der Waals surface area (Å²) >= 11 is 0. The Hall–Kier alpha value is -3.22. The lowest BCUT2D eigenvalue weighted by molar-refractivity contribution is -0.119. The lowest BCUT2D eigenvalue weighted by atomic mass is 10.1. The minimum Gasteiger partial charge on any atom is -0.342 e. The molecule has 27 heavy (non-hydrogen) atoms. The Morgan fingerprint density at radius 1 is 0.963 bits per heavy atom. The van der Waals surface area contributed by atoms with Crippen molar-refractivity contribution in [3.8, 4) is 0 Å². The molecule has 0 radical (unpaired) electrons. The minimum absolute atomic E-state index is 0.190. The molecule has 1 aromatic heterocycles. The number of carbonyl (C=O) groups is 3. The van der Waals surface area contributed by atoms with Gasteiger partial charge in [-0.25, -0.2) is 4.98 Å². The fourth-order valence-corrected chi connectivity index (χ4v) is 3.06. The van der Waals surface area contributed by atoms with Crippen LogP contribution in [0.3, 0.4) is 0 Å². The van der Waals surface area contributed by atoms with Gasteiger partial charge < -0.3 is 15.1 Å². The molecule has 0 atom stereocenters. The number of nitrogens with zero attached hydrogens (tertiary/aromatic N) is 3. The lowest BCUT2D eigenvalue weighted by Crippen LogP contribution is -2.48. The minimum atomic E-state index is -0.354. The van der Waals surface area contributed by atoms with Crippen LogP contribution in [-0.4, -0.2) is 59.2 Å². The highest BCUT2D eigenvalue weighted by Gasteiger charge is 2.23. The monoisotopic (exact) mass is 366 g/mol. The van der Waals surface area contributed by atoms with Crippen molar-refractivity contribution >= 4 is 23.9 Å². The molecule has 1 aliphatic heterocycles. The van der Waals surface area contributed by atoms with Crippen LogP contribution >= 0.6 is 0 Å². The average Bonchev–Trinajstić information content (AvgIpc) is 2.70. The number of anilines is 1. The molecule has 0 saturated carbocycles. The van der Waals surface area contributed by atoms with Gasteiger partial charge in [0.15, 0.2) is 0 Å². The number of pyridine rings is 1. The first kappa shape index (κ1) is 18.6. The van der Waals surface area contributed by atoms with Gasteiger partial charge in [-0.15, -0.1) is 0 Å². The first-order valence-corrected chi connectivity index (χ1v) is 8.83. The van der Waals surface area contributed by atoms with Crippen molar-refractivity contribution in [3.63, 3.8) is 0 Å². The van der Waals surface area contributed by atoms with E-state index in [1.165, 1.54) is 0 Å². The van der Waals surface area contributed by atoms with E-state index in [-0.39, 0.29) is 23.2 Å². The second-order valence-electron chi connectivity index (χ2n) is 6.56. The fraction of sp³-hybridized carbons (Fsp3) is 0.300. The van der Waals surface area contributed by atoms with E-state index in [1.54, 1.807) is 28.0 Å². The molecule has 1 saturated heterocycles. The SMILES string of the molecule is Cc1cccc(C)c1NC(=O)c1cccc(C(=O)N2CCN(C=O)CC2)n1. The maximum Gasteiger partial charge on any atom is 0.274 e. The Morgan fingerprint density at radius 3 is 2.19 bits per heavy atom. The number of rotatable bonds is 4. The Balaban J connectivity index is 1.74. The summed E-state index contributed by atoms with van der Waals surface area (Å²) < 4.78 is 0. The number of amides is 3. The van der Waals surface area contributed by atoms with E-state index in [1.807, 2.05) is 32.0 Å². The van der Waals surface area contributed by atoms with Gasteiger partial charge in [0.2, 0.25) is 6.41 Å². The molecule has 7 heteroatoms. The number of hydrogen-bond donors (Lipinski definition) is 1. The third-order valence-corrected chi connectivity index (χ3v) is 4.67. The van der Waals surface area contributed by atoms with Gasteiger partial charge in [0, 0.05) is 31.9 Å². The second-order valence-corrected chi connectivity index (χ2v) is 6.56. The molecule has 0 bridgehead atoms. The summed E-state index contributed by atoms with van der Waals surface area (Å²) in [5.41, 5.74) is 3.09. The smallest absolute Gasteiger partial charge is 0.274 e. The van der Waals surface area contributed by atoms with Crippen LogP contribution < -0.4 is 5.32 Å². The maximum atomic E-state index is 12.7. The standard InChI is InChI=1S/C20H22N4O3/c1-14-5-3-6-15(2)18(14)22-19(26)16-7-4-8-17(21-16)20(27)24-11-9-23(13-25)10-12-24/h3-8,13H,9-12H2,1-2H3,(H,22,26). The zero-order valence-electron chi connectivity index (χ0n) is 15.4. The van der Waals surface area contributed by atoms with Crippen LogP contribution in [0.4, 0.5) is 5.69 Å². The highest BCUT2D eigenvalue weighted by Crippen LogP contribution is 2.20. The topological polar surface area (TPSA) is 82.6 Å². The molecule has 7 nitrogen and oxygen atoms in total. The van der Waals surface area contributed by atoms with Crippen LogP contribution in [0.2, 0.25) is 0 Å². The number of carbonyl (C=O) groups excluding carboxylic acids is 3. The van der Waals surface area contributed by atoms with Crippen molar-refractivity contribution in [3.05, 3.63) is 58.9 Å². The van der Waals surface area contributed by atoms with Crippen LogP contribution in [0.25, 0.3) is 0 Å². The molecule has 1 fully saturated rings. The molecule has 3 amide bonds. The van der Waals surface area contributed by atoms with Gasteiger partial charge in [0.1, 0.15) is 11.4 Å². The highest BCUT2D eigenvalue weighted by molar-refractivity contribution is 6.04. The van der Waals surface area contributed by atoms with Crippen LogP contribution in [-0.2, 0) is 4.79 Å². The number of aromatic nitrogens is 1. The van der Waals surface area contributed by atoms with Crippen molar-refractivity contribution in [1.29, 1.82) is 0 Å². The van der Waals surface area contributed by atoms with Crippen LogP contribution in [0.1, 0.15) is 32.1 Å². The Bertz CT molecular complexity index is 853. The zero-order chi connectivity index (χ0) is 19.4. The number of para-hydroxylation sites is 1. The van der Waals surface area contributed by atoms with Crippen LogP contribution in [0.5, 0.6) is 0 Å². The molecule has 2 heterocycles. The van der Waals surface area contributed by atoms with Gasteiger partial charge in [-0.3, -0.25) is 14.4 Å². The van der Waals surface area contributed by atoms with Crippen molar-refractivity contribution < 1.29 is 14.4 Å². The van der Waals surface area contributed by atoms with E-state index in [9.17, 15) is 14.4 Å². The van der Waals surface area contributed by atoms with E-state index < -0.39 is 0 Å². The molecular weight excluding hydrogens is 344 g/mol. The summed E-state index contributed by atoms with van der Waals surface area (Å²) in [7, 11) is 0. The predicted molar refractivity (Wildman–Crippen MR) is 102 cm³/mol. The second kappa shape index (κ2) is 7.99. The van der Waals surface area contributed by atoms with Gasteiger partial charge in [-0.2, -0.15) is 0 Å². The summed E-state index contributed by atoms with van der Waals surface area (Å²) in [6, 6.07) is 10.6. The summed E-state index contributed by atoms with van der Waals surface area (Å²) in [6.45, 7) is 5.77. The third-order valence-electron chi connectivity index (χ3n) is 4.67. The molecule has 1 N–H and O–H groups in total. The average molecular weight is 366 g/mol. The highest BCUT2D eigenvalue weighted by atomic mass is 16.2. The van der Waals surface area contributed by atoms with Gasteiger partial charge in [-0.1, -0.05) is 24.3 Å². The molecular formula is C20H22N4O3. The van der Waals surface area contributed by atoms with E-state index in [4.69, 9.17) is 0 Å². The predicted octanol–water partition coefficient (Wildman–Crippen LogP) is 1.86. The summed E-state index contributed by atoms with van der Waals surface area (Å²) in [4.78, 5) is 43.6. The molecule has 0 spiro atoms. The van der Waals surface area contributed by atoms with Gasteiger partial charge >= 0.3 is 0 Å². The number of hydrogen-bond acceptors (Lipinski definition) is 4. The maximum absolute atomic E-state index is 12.7. The Kier molecular flexibility index (Phi) is 5.49. The largest absolute Gasteiger partial charge is 0.342 e. The summed E-state index contributed by atoms with van der Waals surface area (Å²) in [6.07, 6.45) is 0.790. The molecule has 140 valence electrons. The normalized spacial score (nSPS) is 14.0. The molecule has 1 aliphatic rings. The molecule has 0 aliphatic carbocycles. The quantitative estimate of drug-likeness (QED) is 0.838. The van der Waals surface area contributed by atoms with E-state index in [2.05, 4.69) is 10.3 Å². The molecule has 2 aromatic rings. The van der Waals surface area contributed by atoms with Crippen molar-refractivity contribution in [1.82, 2.24) is 14.8 Å². The lowest BCUT2D eigenvalue weighted by Gasteiger charge is -2.32. The third kappa shape index (κ3) is 4.13. The molecule has 1 aromatic carbocycles. The van der Waals surface area contributed by atoms with Crippen molar-refractivity contribution in [2.24, 2.45) is 0 Å². The van der Waals surface area contributed by atoms with E-state index in [0.717, 1.165) is 23.2 Å². The first-order valence-electron chi connectivity index (χ1n) is 8.83. The molecule has 3 rings (SSSR count). The summed E-state index contributed by atoms with van der Waals surface area (Å²) in [5, 5.41) is 2.88. The van der Waals surface area contributed by atoms with E-state index in [0.29, 0.717) is 26.2 Å². The van der Waals surface area contributed by atoms with E-state index >= 15 is 0 Å². The van der Waals surface area contributed by atoms with Gasteiger partial charge in [-0.05, 0) is 37.1 Å². The number of aryl methyl sites for hydroxylation is 2. The Labute approximate surface area is 158 Å². The fourth-order valence-electron chi connectivity index (χ4n) is 3.06. The summed E-state index contributed by atoms with van der Waals surface area (Å²) in [5.74, 6) is -0.588. The van der Waals surface area contributed by atoms with Crippen molar-refractivity contribution in [2.75, 3.05) is 31.5 Å². The Morgan fingerprint density at radius 2 is 1.56 bits per heavy atom. The van der Waals surface area contributed by atoms with Gasteiger partial charge in [0.25, 0.3) is 11.8 Å². The van der Waals surface area contributed by atoms with Crippen LogP contribution in [0, 0.1) is 13.8 Å². The van der Waals surface area contributed by atoms with Crippen molar-refractivity contribution in [2.45, 2.75) is 13.8 Å². The van der Waals surface area contributed by atoms with Crippen LogP contribution in [0.15, 0.2) is 36.4 Å². The van der Waals surface area contributed by atoms with Gasteiger partial charge in [0.05, 0.1) is 0 Å². The zero-order valence-corrected chi connectivity index (χ0v) is 15.4.